The molecule has 150 valence electrons. The third-order valence-electron chi connectivity index (χ3n) is 5.54. The van der Waals surface area contributed by atoms with E-state index in [0.29, 0.717) is 17.0 Å². The summed E-state index contributed by atoms with van der Waals surface area (Å²) in [6.45, 7) is 10.4. The van der Waals surface area contributed by atoms with Gasteiger partial charge in [0.15, 0.2) is 0 Å². The molecule has 1 aliphatic heterocycles. The van der Waals surface area contributed by atoms with Gasteiger partial charge in [-0.25, -0.2) is 0 Å². The number of hydrogen-bond acceptors (Lipinski definition) is 3. The molecule has 4 heteroatoms. The Kier molecular flexibility index (Phi) is 7.41. The molecule has 2 aromatic carbocycles. The smallest absolute Gasteiger partial charge is 0.138 e. The monoisotopic (exact) mass is 399 g/mol. The highest BCUT2D eigenvalue weighted by molar-refractivity contribution is 6.32. The van der Waals surface area contributed by atoms with Crippen LogP contribution in [0.5, 0.6) is 11.5 Å². The number of ether oxygens (including phenoxy) is 2. The van der Waals surface area contributed by atoms with Gasteiger partial charge in [-0.3, -0.25) is 4.90 Å². The lowest BCUT2D eigenvalue weighted by Crippen LogP contribution is -2.38. The van der Waals surface area contributed by atoms with Gasteiger partial charge in [-0.15, -0.1) is 0 Å². The Bertz CT molecular complexity index is 754. The molecule has 0 aromatic heterocycles. The van der Waals surface area contributed by atoms with Crippen molar-refractivity contribution < 1.29 is 9.47 Å². The average molecular weight is 400 g/mol. The van der Waals surface area contributed by atoms with Crippen molar-refractivity contribution in [2.24, 2.45) is 5.41 Å². The van der Waals surface area contributed by atoms with Crippen molar-refractivity contribution in [2.75, 3.05) is 26.3 Å². The Balaban J connectivity index is 1.44. The van der Waals surface area contributed by atoms with E-state index in [4.69, 9.17) is 21.1 Å². The van der Waals surface area contributed by atoms with Crippen molar-refractivity contribution in [3.63, 3.8) is 0 Å². The summed E-state index contributed by atoms with van der Waals surface area (Å²) >= 11 is 6.34. The Hall–Kier alpha value is -1.97. The summed E-state index contributed by atoms with van der Waals surface area (Å²) in [7, 11) is 0. The fourth-order valence-corrected chi connectivity index (χ4v) is 3.86. The quantitative estimate of drug-likeness (QED) is 0.484. The predicted octanol–water partition coefficient (Wildman–Crippen LogP) is 5.98. The van der Waals surface area contributed by atoms with Crippen molar-refractivity contribution in [1.29, 1.82) is 0 Å². The molecule has 1 heterocycles. The van der Waals surface area contributed by atoms with Crippen LogP contribution in [-0.4, -0.2) is 31.2 Å². The maximum atomic E-state index is 6.34. The summed E-state index contributed by atoms with van der Waals surface area (Å²) in [5.41, 5.74) is 1.58. The molecule has 0 radical (unpaired) electrons. The van der Waals surface area contributed by atoms with Crippen LogP contribution >= 0.6 is 11.6 Å². The normalized spacial score (nSPS) is 16.5. The molecule has 0 saturated carbocycles. The average Bonchev–Trinajstić information content (AvgIpc) is 2.70. The zero-order chi connectivity index (χ0) is 19.8. The highest BCUT2D eigenvalue weighted by atomic mass is 35.5. The van der Waals surface area contributed by atoms with E-state index in [0.717, 1.165) is 44.2 Å². The number of hydrogen-bond donors (Lipinski definition) is 0. The Morgan fingerprint density at radius 3 is 2.54 bits per heavy atom. The molecule has 0 aliphatic carbocycles. The van der Waals surface area contributed by atoms with Gasteiger partial charge in [0.1, 0.15) is 18.1 Å². The zero-order valence-corrected chi connectivity index (χ0v) is 17.5. The van der Waals surface area contributed by atoms with Crippen LogP contribution in [0, 0.1) is 5.41 Å². The molecule has 3 nitrogen and oxygen atoms in total. The number of piperidine rings is 1. The van der Waals surface area contributed by atoms with E-state index in [9.17, 15) is 0 Å². The van der Waals surface area contributed by atoms with Crippen LogP contribution in [-0.2, 0) is 6.54 Å². The van der Waals surface area contributed by atoms with Crippen LogP contribution in [0.2, 0.25) is 5.02 Å². The first-order chi connectivity index (χ1) is 13.6. The first-order valence-corrected chi connectivity index (χ1v) is 10.4. The van der Waals surface area contributed by atoms with Gasteiger partial charge in [-0.05, 0) is 67.6 Å². The fraction of sp³-hybridized carbons (Fsp3) is 0.417. The molecule has 0 atom stereocenters. The highest BCUT2D eigenvalue weighted by Crippen LogP contribution is 2.35. The van der Waals surface area contributed by atoms with E-state index >= 15 is 0 Å². The van der Waals surface area contributed by atoms with E-state index < -0.39 is 0 Å². The molecular weight excluding hydrogens is 370 g/mol. The summed E-state index contributed by atoms with van der Waals surface area (Å²) in [5.74, 6) is 1.68. The number of rotatable bonds is 9. The predicted molar refractivity (Wildman–Crippen MR) is 116 cm³/mol. The molecule has 1 fully saturated rings. The van der Waals surface area contributed by atoms with Crippen LogP contribution in [0.1, 0.15) is 31.7 Å². The Labute approximate surface area is 173 Å². The standard InChI is InChI=1S/C24H30ClNO2/c1-3-16-28-23-10-9-20(18-22(23)25)19-26-14-11-24(2,12-15-26)13-17-27-21-7-5-4-6-8-21/h3-10,18H,1,11-17,19H2,2H3. The number of likely N-dealkylation sites (tertiary alicyclic amines) is 1. The summed E-state index contributed by atoms with van der Waals surface area (Å²) in [6, 6.07) is 16.1. The van der Waals surface area contributed by atoms with Gasteiger partial charge in [-0.1, -0.05) is 55.4 Å². The summed E-state index contributed by atoms with van der Waals surface area (Å²) in [6.07, 6.45) is 5.20. The number of halogens is 1. The third kappa shape index (κ3) is 6.02. The van der Waals surface area contributed by atoms with Crippen LogP contribution < -0.4 is 9.47 Å². The van der Waals surface area contributed by atoms with Gasteiger partial charge in [0.25, 0.3) is 0 Å². The first kappa shape index (κ1) is 20.8. The first-order valence-electron chi connectivity index (χ1n) is 10.0. The van der Waals surface area contributed by atoms with Crippen molar-refractivity contribution >= 4 is 11.6 Å². The molecule has 1 aliphatic rings. The lowest BCUT2D eigenvalue weighted by molar-refractivity contribution is 0.0904. The molecule has 0 N–H and O–H groups in total. The topological polar surface area (TPSA) is 21.7 Å². The van der Waals surface area contributed by atoms with E-state index in [-0.39, 0.29) is 0 Å². The van der Waals surface area contributed by atoms with Gasteiger partial charge in [0.2, 0.25) is 0 Å². The second-order valence-electron chi connectivity index (χ2n) is 7.86. The number of para-hydroxylation sites is 1. The lowest BCUT2D eigenvalue weighted by Gasteiger charge is -2.39. The summed E-state index contributed by atoms with van der Waals surface area (Å²) < 4.78 is 11.5. The minimum Gasteiger partial charge on any atom is -0.494 e. The van der Waals surface area contributed by atoms with Crippen LogP contribution in [0.15, 0.2) is 61.2 Å². The molecule has 0 unspecified atom stereocenters. The number of benzene rings is 2. The van der Waals surface area contributed by atoms with Crippen molar-refractivity contribution in [3.8, 4) is 11.5 Å². The van der Waals surface area contributed by atoms with Gasteiger partial charge < -0.3 is 9.47 Å². The van der Waals surface area contributed by atoms with Crippen molar-refractivity contribution in [1.82, 2.24) is 4.90 Å². The zero-order valence-electron chi connectivity index (χ0n) is 16.7. The molecule has 0 bridgehead atoms. The SMILES string of the molecule is C=CCOc1ccc(CN2CCC(C)(CCOc3ccccc3)CC2)cc1Cl. The summed E-state index contributed by atoms with van der Waals surface area (Å²) in [5, 5.41) is 0.666. The second-order valence-corrected chi connectivity index (χ2v) is 8.27. The van der Waals surface area contributed by atoms with Crippen molar-refractivity contribution in [2.45, 2.75) is 32.7 Å². The maximum absolute atomic E-state index is 6.34. The highest BCUT2D eigenvalue weighted by Gasteiger charge is 2.30. The van der Waals surface area contributed by atoms with Crippen molar-refractivity contribution in [3.05, 3.63) is 71.8 Å². The van der Waals surface area contributed by atoms with Crippen LogP contribution in [0.3, 0.4) is 0 Å². The largest absolute Gasteiger partial charge is 0.494 e. The molecule has 1 saturated heterocycles. The van der Waals surface area contributed by atoms with E-state index in [1.165, 1.54) is 18.4 Å². The second kappa shape index (κ2) is 9.99. The molecule has 2 aromatic rings. The van der Waals surface area contributed by atoms with Gasteiger partial charge in [0.05, 0.1) is 11.6 Å². The van der Waals surface area contributed by atoms with Crippen LogP contribution in [0.25, 0.3) is 0 Å². The van der Waals surface area contributed by atoms with E-state index in [2.05, 4.69) is 24.5 Å². The third-order valence-corrected chi connectivity index (χ3v) is 5.84. The summed E-state index contributed by atoms with van der Waals surface area (Å²) in [4.78, 5) is 2.51. The lowest BCUT2D eigenvalue weighted by atomic mass is 9.78. The van der Waals surface area contributed by atoms with E-state index in [1.807, 2.05) is 42.5 Å². The minimum atomic E-state index is 0.352. The van der Waals surface area contributed by atoms with Gasteiger partial charge >= 0.3 is 0 Å². The Morgan fingerprint density at radius 2 is 1.86 bits per heavy atom. The minimum absolute atomic E-state index is 0.352. The van der Waals surface area contributed by atoms with Gasteiger partial charge in [0, 0.05) is 6.54 Å². The van der Waals surface area contributed by atoms with Crippen LogP contribution in [0.4, 0.5) is 0 Å². The maximum Gasteiger partial charge on any atom is 0.138 e. The molecule has 0 spiro atoms. The van der Waals surface area contributed by atoms with Gasteiger partial charge in [-0.2, -0.15) is 0 Å². The molecular formula is C24H30ClNO2. The molecule has 3 rings (SSSR count). The van der Waals surface area contributed by atoms with E-state index in [1.54, 1.807) is 6.08 Å². The Morgan fingerprint density at radius 1 is 1.11 bits per heavy atom. The fourth-order valence-electron chi connectivity index (χ4n) is 3.60. The molecule has 28 heavy (non-hydrogen) atoms. The molecule has 0 amide bonds. The number of nitrogens with zero attached hydrogens (tertiary/aromatic N) is 1.